The van der Waals surface area contributed by atoms with Crippen LogP contribution in [0.2, 0.25) is 0 Å². The average molecular weight is 407 g/mol. The predicted molar refractivity (Wildman–Crippen MR) is 105 cm³/mol. The summed E-state index contributed by atoms with van der Waals surface area (Å²) in [5, 5.41) is 0. The van der Waals surface area contributed by atoms with E-state index in [4.69, 9.17) is 9.47 Å². The lowest BCUT2D eigenvalue weighted by Gasteiger charge is -2.26. The number of methoxy groups -OCH3 is 1. The number of nitrogens with zero attached hydrogens (tertiary/aromatic N) is 4. The molecule has 0 spiro atoms. The highest BCUT2D eigenvalue weighted by molar-refractivity contribution is 7.89. The standard InChI is InChI=1S/C18H25N5O4S/c1-26-18-21-16(20-17(22-18)23-10-6-3-7-11-23)14-19-28(24,25)13-12-27-15-8-4-2-5-9-15/h2,4-5,8-9,19H,3,6-7,10-14H2,1H3. The van der Waals surface area contributed by atoms with Gasteiger partial charge < -0.3 is 14.4 Å². The van der Waals surface area contributed by atoms with Crippen LogP contribution in [0.15, 0.2) is 30.3 Å². The second-order valence-electron chi connectivity index (χ2n) is 6.39. The van der Waals surface area contributed by atoms with Gasteiger partial charge in [-0.2, -0.15) is 15.0 Å². The van der Waals surface area contributed by atoms with Gasteiger partial charge in [-0.1, -0.05) is 18.2 Å². The normalized spacial score (nSPS) is 14.7. The lowest BCUT2D eigenvalue weighted by Crippen LogP contribution is -2.32. The minimum atomic E-state index is -3.54. The van der Waals surface area contributed by atoms with Gasteiger partial charge in [0.25, 0.3) is 0 Å². The highest BCUT2D eigenvalue weighted by atomic mass is 32.2. The first-order valence-corrected chi connectivity index (χ1v) is 10.9. The first-order chi connectivity index (χ1) is 13.6. The molecule has 2 heterocycles. The summed E-state index contributed by atoms with van der Waals surface area (Å²) < 4.78 is 37.6. The summed E-state index contributed by atoms with van der Waals surface area (Å²) in [6.07, 6.45) is 3.35. The molecule has 1 aliphatic rings. The number of ether oxygens (including phenoxy) is 2. The van der Waals surface area contributed by atoms with Gasteiger partial charge in [0, 0.05) is 13.1 Å². The van der Waals surface area contributed by atoms with Crippen LogP contribution < -0.4 is 19.1 Å². The van der Waals surface area contributed by atoms with E-state index >= 15 is 0 Å². The SMILES string of the molecule is COc1nc(CNS(=O)(=O)CCOc2ccccc2)nc(N2CCCCC2)n1. The number of benzene rings is 1. The fraction of sp³-hybridized carbons (Fsp3) is 0.500. The van der Waals surface area contributed by atoms with Crippen LogP contribution in [-0.2, 0) is 16.6 Å². The zero-order valence-electron chi connectivity index (χ0n) is 15.9. The molecule has 1 aromatic carbocycles. The van der Waals surface area contributed by atoms with E-state index in [0.717, 1.165) is 25.9 Å². The van der Waals surface area contributed by atoms with Crippen molar-refractivity contribution in [1.82, 2.24) is 19.7 Å². The van der Waals surface area contributed by atoms with Gasteiger partial charge in [0.15, 0.2) is 5.82 Å². The maximum Gasteiger partial charge on any atom is 0.321 e. The summed E-state index contributed by atoms with van der Waals surface area (Å²) in [6, 6.07) is 9.26. The zero-order valence-corrected chi connectivity index (χ0v) is 16.7. The first kappa shape index (κ1) is 20.3. The molecule has 1 N–H and O–H groups in total. The van der Waals surface area contributed by atoms with E-state index in [0.29, 0.717) is 17.5 Å². The van der Waals surface area contributed by atoms with Gasteiger partial charge in [0.1, 0.15) is 12.4 Å². The Bertz CT molecular complexity index is 858. The zero-order chi connectivity index (χ0) is 19.8. The molecule has 1 aromatic heterocycles. The summed E-state index contributed by atoms with van der Waals surface area (Å²) in [5.74, 6) is 1.31. The van der Waals surface area contributed by atoms with Crippen LogP contribution in [0.1, 0.15) is 25.1 Å². The van der Waals surface area contributed by atoms with Crippen molar-refractivity contribution in [2.75, 3.05) is 37.5 Å². The third-order valence-electron chi connectivity index (χ3n) is 4.29. The molecule has 0 atom stereocenters. The van der Waals surface area contributed by atoms with Gasteiger partial charge in [-0.15, -0.1) is 0 Å². The monoisotopic (exact) mass is 407 g/mol. The molecule has 0 saturated carbocycles. The maximum absolute atomic E-state index is 12.2. The molecule has 0 radical (unpaired) electrons. The van der Waals surface area contributed by atoms with E-state index in [1.165, 1.54) is 13.5 Å². The second kappa shape index (κ2) is 9.65. The summed E-state index contributed by atoms with van der Waals surface area (Å²) in [7, 11) is -2.06. The van der Waals surface area contributed by atoms with Crippen LogP contribution in [-0.4, -0.2) is 55.9 Å². The Hall–Kier alpha value is -2.46. The molecule has 28 heavy (non-hydrogen) atoms. The average Bonchev–Trinajstić information content (AvgIpc) is 2.73. The van der Waals surface area contributed by atoms with Gasteiger partial charge >= 0.3 is 6.01 Å². The number of rotatable bonds is 9. The van der Waals surface area contributed by atoms with Crippen molar-refractivity contribution >= 4 is 16.0 Å². The van der Waals surface area contributed by atoms with Crippen molar-refractivity contribution in [2.24, 2.45) is 0 Å². The number of nitrogens with one attached hydrogen (secondary N) is 1. The molecule has 1 saturated heterocycles. The van der Waals surface area contributed by atoms with Crippen LogP contribution in [0.3, 0.4) is 0 Å². The molecule has 0 bridgehead atoms. The molecular weight excluding hydrogens is 382 g/mol. The fourth-order valence-electron chi connectivity index (χ4n) is 2.82. The number of hydrogen-bond donors (Lipinski definition) is 1. The van der Waals surface area contributed by atoms with Gasteiger partial charge in [-0.3, -0.25) is 0 Å². The highest BCUT2D eigenvalue weighted by Crippen LogP contribution is 2.17. The summed E-state index contributed by atoms with van der Waals surface area (Å²) in [4.78, 5) is 14.9. The van der Waals surface area contributed by atoms with Gasteiger partial charge in [0.05, 0.1) is 19.4 Å². The Kier molecular flexibility index (Phi) is 6.99. The van der Waals surface area contributed by atoms with Gasteiger partial charge in [-0.05, 0) is 31.4 Å². The van der Waals surface area contributed by atoms with E-state index < -0.39 is 10.0 Å². The quantitative estimate of drug-likeness (QED) is 0.664. The Balaban J connectivity index is 1.57. The molecule has 1 aliphatic heterocycles. The van der Waals surface area contributed by atoms with Crippen LogP contribution in [0.4, 0.5) is 5.95 Å². The van der Waals surface area contributed by atoms with Crippen molar-refractivity contribution in [3.8, 4) is 11.8 Å². The maximum atomic E-state index is 12.2. The smallest absolute Gasteiger partial charge is 0.321 e. The number of anilines is 1. The molecule has 3 rings (SSSR count). The van der Waals surface area contributed by atoms with Crippen molar-refractivity contribution in [2.45, 2.75) is 25.8 Å². The lowest BCUT2D eigenvalue weighted by molar-refractivity contribution is 0.340. The third-order valence-corrected chi connectivity index (χ3v) is 5.57. The molecule has 1 fully saturated rings. The fourth-order valence-corrected chi connectivity index (χ4v) is 3.62. The van der Waals surface area contributed by atoms with Crippen molar-refractivity contribution in [3.63, 3.8) is 0 Å². The second-order valence-corrected chi connectivity index (χ2v) is 8.31. The van der Waals surface area contributed by atoms with Crippen LogP contribution in [0.5, 0.6) is 11.8 Å². The minimum absolute atomic E-state index is 0.0343. The number of piperidine rings is 1. The van der Waals surface area contributed by atoms with E-state index in [1.807, 2.05) is 18.2 Å². The van der Waals surface area contributed by atoms with Gasteiger partial charge in [-0.25, -0.2) is 13.1 Å². The summed E-state index contributed by atoms with van der Waals surface area (Å²) in [5.41, 5.74) is 0. The first-order valence-electron chi connectivity index (χ1n) is 9.25. The van der Waals surface area contributed by atoms with E-state index in [1.54, 1.807) is 12.1 Å². The number of aromatic nitrogens is 3. The molecule has 0 amide bonds. The molecule has 10 heteroatoms. The van der Waals surface area contributed by atoms with E-state index in [-0.39, 0.29) is 24.9 Å². The Morgan fingerprint density at radius 1 is 1.07 bits per heavy atom. The van der Waals surface area contributed by atoms with Crippen LogP contribution >= 0.6 is 0 Å². The van der Waals surface area contributed by atoms with Crippen LogP contribution in [0.25, 0.3) is 0 Å². The highest BCUT2D eigenvalue weighted by Gasteiger charge is 2.18. The Morgan fingerprint density at radius 2 is 1.82 bits per heavy atom. The molecular formula is C18H25N5O4S. The topological polar surface area (TPSA) is 107 Å². The molecule has 0 aliphatic carbocycles. The molecule has 2 aromatic rings. The van der Waals surface area contributed by atoms with Gasteiger partial charge in [0.2, 0.25) is 16.0 Å². The van der Waals surface area contributed by atoms with E-state index in [9.17, 15) is 8.42 Å². The molecule has 9 nitrogen and oxygen atoms in total. The number of hydrogen-bond acceptors (Lipinski definition) is 8. The number of sulfonamides is 1. The van der Waals surface area contributed by atoms with E-state index in [2.05, 4.69) is 24.6 Å². The van der Waals surface area contributed by atoms with Crippen LogP contribution in [0, 0.1) is 0 Å². The Labute approximate surface area is 165 Å². The van der Waals surface area contributed by atoms with Crippen molar-refractivity contribution in [3.05, 3.63) is 36.2 Å². The molecule has 152 valence electrons. The minimum Gasteiger partial charge on any atom is -0.492 e. The largest absolute Gasteiger partial charge is 0.492 e. The summed E-state index contributed by atoms with van der Waals surface area (Å²) in [6.45, 7) is 1.76. The van der Waals surface area contributed by atoms with Crippen molar-refractivity contribution < 1.29 is 17.9 Å². The number of para-hydroxylation sites is 1. The molecule has 0 unspecified atom stereocenters. The Morgan fingerprint density at radius 3 is 2.54 bits per heavy atom. The predicted octanol–water partition coefficient (Wildman–Crippen LogP) is 1.37. The lowest BCUT2D eigenvalue weighted by atomic mass is 10.1. The summed E-state index contributed by atoms with van der Waals surface area (Å²) >= 11 is 0. The van der Waals surface area contributed by atoms with Crippen molar-refractivity contribution in [1.29, 1.82) is 0 Å². The third kappa shape index (κ3) is 6.03.